The SMILES string of the molecule is Cn1ccc2ccn(CCNC(=O)c3ccc(F)cc3Cl)c(=O)c21. The van der Waals surface area contributed by atoms with E-state index in [1.807, 2.05) is 25.4 Å². The highest BCUT2D eigenvalue weighted by Gasteiger charge is 2.11. The number of hydrogen-bond acceptors (Lipinski definition) is 2. The predicted octanol–water partition coefficient (Wildman–Crippen LogP) is 2.56. The van der Waals surface area contributed by atoms with Crippen molar-refractivity contribution in [3.05, 3.63) is 69.5 Å². The molecule has 0 radical (unpaired) electrons. The Balaban J connectivity index is 1.70. The number of fused-ring (bicyclic) bond motifs is 1. The molecule has 0 saturated carbocycles. The van der Waals surface area contributed by atoms with Crippen LogP contribution in [0.3, 0.4) is 0 Å². The topological polar surface area (TPSA) is 56.0 Å². The molecule has 0 spiro atoms. The fraction of sp³-hybridized carbons (Fsp3) is 0.176. The van der Waals surface area contributed by atoms with Crippen LogP contribution in [0.4, 0.5) is 4.39 Å². The Morgan fingerprint density at radius 3 is 2.75 bits per heavy atom. The maximum absolute atomic E-state index is 13.0. The number of nitrogens with zero attached hydrogens (tertiary/aromatic N) is 2. The van der Waals surface area contributed by atoms with Crippen LogP contribution in [0.5, 0.6) is 0 Å². The second-order valence-electron chi connectivity index (χ2n) is 5.42. The molecule has 0 atom stereocenters. The smallest absolute Gasteiger partial charge is 0.275 e. The predicted molar refractivity (Wildman–Crippen MR) is 90.9 cm³/mol. The Morgan fingerprint density at radius 2 is 2.00 bits per heavy atom. The summed E-state index contributed by atoms with van der Waals surface area (Å²) in [6.45, 7) is 0.576. The van der Waals surface area contributed by atoms with Crippen molar-refractivity contribution in [3.8, 4) is 0 Å². The minimum atomic E-state index is -0.501. The molecule has 0 fully saturated rings. The summed E-state index contributed by atoms with van der Waals surface area (Å²) in [6.07, 6.45) is 3.52. The number of aromatic nitrogens is 2. The van der Waals surface area contributed by atoms with Gasteiger partial charge in [-0.05, 0) is 30.3 Å². The lowest BCUT2D eigenvalue weighted by atomic mass is 10.2. The van der Waals surface area contributed by atoms with E-state index in [9.17, 15) is 14.0 Å². The first-order valence-corrected chi connectivity index (χ1v) is 7.73. The summed E-state index contributed by atoms with van der Waals surface area (Å²) in [5.74, 6) is -0.910. The Hall–Kier alpha value is -2.60. The molecule has 7 heteroatoms. The van der Waals surface area contributed by atoms with E-state index in [0.29, 0.717) is 12.1 Å². The van der Waals surface area contributed by atoms with Gasteiger partial charge in [-0.15, -0.1) is 0 Å². The van der Waals surface area contributed by atoms with E-state index in [1.165, 1.54) is 16.7 Å². The second-order valence-corrected chi connectivity index (χ2v) is 5.83. The molecule has 2 heterocycles. The zero-order valence-electron chi connectivity index (χ0n) is 12.9. The van der Waals surface area contributed by atoms with Crippen molar-refractivity contribution in [3.63, 3.8) is 0 Å². The van der Waals surface area contributed by atoms with E-state index in [-0.39, 0.29) is 22.7 Å². The molecule has 1 aromatic carbocycles. The van der Waals surface area contributed by atoms with E-state index in [0.717, 1.165) is 11.5 Å². The van der Waals surface area contributed by atoms with E-state index in [2.05, 4.69) is 5.32 Å². The van der Waals surface area contributed by atoms with Crippen molar-refractivity contribution in [1.82, 2.24) is 14.5 Å². The van der Waals surface area contributed by atoms with E-state index >= 15 is 0 Å². The van der Waals surface area contributed by atoms with Gasteiger partial charge in [-0.2, -0.15) is 0 Å². The average Bonchev–Trinajstić information content (AvgIpc) is 2.91. The maximum atomic E-state index is 13.0. The third-order valence-corrected chi connectivity index (χ3v) is 4.13. The molecular weight excluding hydrogens is 333 g/mol. The first kappa shape index (κ1) is 16.3. The van der Waals surface area contributed by atoms with Crippen LogP contribution in [0.25, 0.3) is 10.9 Å². The van der Waals surface area contributed by atoms with E-state index in [4.69, 9.17) is 11.6 Å². The molecule has 0 bridgehead atoms. The summed E-state index contributed by atoms with van der Waals surface area (Å²) in [5, 5.41) is 3.61. The van der Waals surface area contributed by atoms with Crippen LogP contribution in [-0.2, 0) is 13.6 Å². The molecule has 1 N–H and O–H groups in total. The lowest BCUT2D eigenvalue weighted by molar-refractivity contribution is 0.0952. The number of hydrogen-bond donors (Lipinski definition) is 1. The average molecular weight is 348 g/mol. The monoisotopic (exact) mass is 347 g/mol. The first-order chi connectivity index (χ1) is 11.5. The molecule has 0 aliphatic rings. The quantitative estimate of drug-likeness (QED) is 0.788. The minimum absolute atomic E-state index is 0.0508. The number of halogens is 2. The number of carbonyl (C=O) groups excluding carboxylic acids is 1. The molecule has 0 aliphatic carbocycles. The molecule has 124 valence electrons. The number of aryl methyl sites for hydroxylation is 1. The van der Waals surface area contributed by atoms with Crippen LogP contribution in [0.2, 0.25) is 5.02 Å². The summed E-state index contributed by atoms with van der Waals surface area (Å²) >= 11 is 5.86. The highest BCUT2D eigenvalue weighted by atomic mass is 35.5. The zero-order valence-corrected chi connectivity index (χ0v) is 13.7. The third-order valence-electron chi connectivity index (χ3n) is 3.82. The molecule has 3 rings (SSSR count). The summed E-state index contributed by atoms with van der Waals surface area (Å²) < 4.78 is 16.3. The first-order valence-electron chi connectivity index (χ1n) is 7.35. The van der Waals surface area contributed by atoms with Gasteiger partial charge in [0.15, 0.2) is 0 Å². The van der Waals surface area contributed by atoms with E-state index in [1.54, 1.807) is 10.8 Å². The highest BCUT2D eigenvalue weighted by molar-refractivity contribution is 6.33. The lowest BCUT2D eigenvalue weighted by Gasteiger charge is -2.09. The Morgan fingerprint density at radius 1 is 1.25 bits per heavy atom. The highest BCUT2D eigenvalue weighted by Crippen LogP contribution is 2.16. The number of pyridine rings is 1. The van der Waals surface area contributed by atoms with Crippen molar-refractivity contribution in [2.45, 2.75) is 6.54 Å². The van der Waals surface area contributed by atoms with Crippen molar-refractivity contribution < 1.29 is 9.18 Å². The molecule has 0 aliphatic heterocycles. The summed E-state index contributed by atoms with van der Waals surface area (Å²) in [6, 6.07) is 7.32. The van der Waals surface area contributed by atoms with Gasteiger partial charge in [0.05, 0.1) is 10.6 Å². The molecular formula is C17H15ClFN3O2. The number of benzene rings is 1. The van der Waals surface area contributed by atoms with Gasteiger partial charge in [-0.25, -0.2) is 4.39 Å². The molecule has 0 saturated heterocycles. The summed E-state index contributed by atoms with van der Waals surface area (Å²) in [5.41, 5.74) is 0.697. The van der Waals surface area contributed by atoms with Gasteiger partial charge in [0.1, 0.15) is 11.3 Å². The van der Waals surface area contributed by atoms with Crippen LogP contribution in [-0.4, -0.2) is 21.6 Å². The number of carbonyl (C=O) groups is 1. The minimum Gasteiger partial charge on any atom is -0.350 e. The van der Waals surface area contributed by atoms with Gasteiger partial charge in [-0.3, -0.25) is 9.59 Å². The van der Waals surface area contributed by atoms with Gasteiger partial charge in [-0.1, -0.05) is 11.6 Å². The zero-order chi connectivity index (χ0) is 17.3. The fourth-order valence-electron chi connectivity index (χ4n) is 2.57. The standard InChI is InChI=1S/C17H15ClFN3O2/c1-21-7-4-11-5-8-22(17(24)15(11)21)9-6-20-16(23)13-3-2-12(19)10-14(13)18/h2-5,7-8,10H,6,9H2,1H3,(H,20,23). The molecule has 5 nitrogen and oxygen atoms in total. The van der Waals surface area contributed by atoms with Gasteiger partial charge in [0.25, 0.3) is 11.5 Å². The van der Waals surface area contributed by atoms with Gasteiger partial charge < -0.3 is 14.5 Å². The molecule has 2 aromatic heterocycles. The Labute approximate surface area is 142 Å². The molecule has 1 amide bonds. The van der Waals surface area contributed by atoms with Crippen LogP contribution in [0.15, 0.2) is 47.5 Å². The number of nitrogens with one attached hydrogen (secondary N) is 1. The van der Waals surface area contributed by atoms with Gasteiger partial charge in [0.2, 0.25) is 0 Å². The summed E-state index contributed by atoms with van der Waals surface area (Å²) in [4.78, 5) is 24.5. The lowest BCUT2D eigenvalue weighted by Crippen LogP contribution is -2.31. The Kier molecular flexibility index (Phi) is 4.40. The van der Waals surface area contributed by atoms with Crippen molar-refractivity contribution in [2.75, 3.05) is 6.54 Å². The summed E-state index contributed by atoms with van der Waals surface area (Å²) in [7, 11) is 1.81. The maximum Gasteiger partial charge on any atom is 0.275 e. The molecule has 24 heavy (non-hydrogen) atoms. The van der Waals surface area contributed by atoms with E-state index < -0.39 is 11.7 Å². The van der Waals surface area contributed by atoms with Crippen molar-refractivity contribution in [1.29, 1.82) is 0 Å². The van der Waals surface area contributed by atoms with Crippen LogP contribution < -0.4 is 10.9 Å². The van der Waals surface area contributed by atoms with Gasteiger partial charge >= 0.3 is 0 Å². The normalized spacial score (nSPS) is 11.0. The second kappa shape index (κ2) is 6.49. The van der Waals surface area contributed by atoms with Gasteiger partial charge in [0, 0.05) is 37.9 Å². The van der Waals surface area contributed by atoms with Crippen LogP contribution in [0.1, 0.15) is 10.4 Å². The Bertz CT molecular complexity index is 978. The number of amides is 1. The fourth-order valence-corrected chi connectivity index (χ4v) is 2.82. The van der Waals surface area contributed by atoms with Crippen molar-refractivity contribution in [2.24, 2.45) is 7.05 Å². The van der Waals surface area contributed by atoms with Crippen LogP contribution in [0, 0.1) is 5.82 Å². The van der Waals surface area contributed by atoms with Crippen molar-refractivity contribution >= 4 is 28.4 Å². The largest absolute Gasteiger partial charge is 0.350 e. The van der Waals surface area contributed by atoms with Crippen LogP contribution >= 0.6 is 11.6 Å². The molecule has 0 unspecified atom stereocenters. The molecule has 3 aromatic rings. The third kappa shape index (κ3) is 3.05. The number of rotatable bonds is 4.